The molecule has 1 saturated heterocycles. The van der Waals surface area contributed by atoms with Gasteiger partial charge in [0, 0.05) is 26.2 Å². The third-order valence-corrected chi connectivity index (χ3v) is 5.38. The quantitative estimate of drug-likeness (QED) is 0.846. The SMILES string of the molecule is O=C(NCC1CN(Cc2ccccc2)CCO1)c1ccc(Br)s1. The van der Waals surface area contributed by atoms with Gasteiger partial charge in [0.25, 0.3) is 5.91 Å². The van der Waals surface area contributed by atoms with E-state index in [0.717, 1.165) is 23.4 Å². The Morgan fingerprint density at radius 3 is 2.87 bits per heavy atom. The summed E-state index contributed by atoms with van der Waals surface area (Å²) in [5.74, 6) is -0.0375. The standard InChI is InChI=1S/C17H19BrN2O2S/c18-16-7-6-15(23-16)17(21)19-10-14-12-20(8-9-22-14)11-13-4-2-1-3-5-13/h1-7,14H,8-12H2,(H,19,21). The number of hydrogen-bond acceptors (Lipinski definition) is 4. The number of ether oxygens (including phenoxy) is 1. The highest BCUT2D eigenvalue weighted by Crippen LogP contribution is 2.21. The van der Waals surface area contributed by atoms with Gasteiger partial charge in [0.05, 0.1) is 21.4 Å². The third kappa shape index (κ3) is 4.88. The predicted octanol–water partition coefficient (Wildman–Crippen LogP) is 3.14. The summed E-state index contributed by atoms with van der Waals surface area (Å²) in [6, 6.07) is 14.1. The Morgan fingerprint density at radius 2 is 2.13 bits per heavy atom. The molecule has 3 rings (SSSR count). The number of morpholine rings is 1. The van der Waals surface area contributed by atoms with Gasteiger partial charge in [-0.25, -0.2) is 0 Å². The first kappa shape index (κ1) is 16.6. The second-order valence-electron chi connectivity index (χ2n) is 5.53. The van der Waals surface area contributed by atoms with Crippen molar-refractivity contribution in [2.24, 2.45) is 0 Å². The average Bonchev–Trinajstić information content (AvgIpc) is 3.01. The van der Waals surface area contributed by atoms with E-state index in [0.29, 0.717) is 18.0 Å². The molecule has 23 heavy (non-hydrogen) atoms. The van der Waals surface area contributed by atoms with E-state index in [2.05, 4.69) is 50.4 Å². The van der Waals surface area contributed by atoms with E-state index >= 15 is 0 Å². The van der Waals surface area contributed by atoms with Crippen LogP contribution in [-0.4, -0.2) is 43.2 Å². The first-order valence-electron chi connectivity index (χ1n) is 7.62. The maximum absolute atomic E-state index is 12.1. The summed E-state index contributed by atoms with van der Waals surface area (Å²) in [6.07, 6.45) is 0.0415. The molecule has 0 saturated carbocycles. The Hall–Kier alpha value is -1.21. The average molecular weight is 395 g/mol. The van der Waals surface area contributed by atoms with Crippen LogP contribution in [0.4, 0.5) is 0 Å². The van der Waals surface area contributed by atoms with E-state index < -0.39 is 0 Å². The summed E-state index contributed by atoms with van der Waals surface area (Å²) >= 11 is 4.81. The lowest BCUT2D eigenvalue weighted by molar-refractivity contribution is -0.0292. The molecule has 4 nitrogen and oxygen atoms in total. The molecule has 1 unspecified atom stereocenters. The molecule has 1 atom stereocenters. The Morgan fingerprint density at radius 1 is 1.30 bits per heavy atom. The lowest BCUT2D eigenvalue weighted by atomic mass is 10.2. The molecule has 1 fully saturated rings. The zero-order chi connectivity index (χ0) is 16.1. The van der Waals surface area contributed by atoms with E-state index in [1.54, 1.807) is 0 Å². The molecule has 6 heteroatoms. The van der Waals surface area contributed by atoms with Crippen LogP contribution in [0.3, 0.4) is 0 Å². The van der Waals surface area contributed by atoms with Crippen molar-refractivity contribution in [3.63, 3.8) is 0 Å². The Kier molecular flexibility index (Phi) is 5.83. The maximum atomic E-state index is 12.1. The predicted molar refractivity (Wildman–Crippen MR) is 95.8 cm³/mol. The van der Waals surface area contributed by atoms with Crippen LogP contribution in [0.5, 0.6) is 0 Å². The third-order valence-electron chi connectivity index (χ3n) is 3.76. The second kappa shape index (κ2) is 8.06. The molecule has 122 valence electrons. The van der Waals surface area contributed by atoms with Gasteiger partial charge in [-0.15, -0.1) is 11.3 Å². The van der Waals surface area contributed by atoms with Crippen LogP contribution in [0, 0.1) is 0 Å². The van der Waals surface area contributed by atoms with Crippen LogP contribution in [0.1, 0.15) is 15.2 Å². The molecule has 1 aliphatic rings. The van der Waals surface area contributed by atoms with Gasteiger partial charge in [-0.05, 0) is 33.6 Å². The fraction of sp³-hybridized carbons (Fsp3) is 0.353. The number of carbonyl (C=O) groups excluding carboxylic acids is 1. The number of halogens is 1. The number of benzene rings is 1. The number of thiophene rings is 1. The molecule has 0 aliphatic carbocycles. The highest BCUT2D eigenvalue weighted by molar-refractivity contribution is 9.11. The molecule has 0 spiro atoms. The van der Waals surface area contributed by atoms with Crippen LogP contribution in [-0.2, 0) is 11.3 Å². The van der Waals surface area contributed by atoms with Crippen LogP contribution in [0.15, 0.2) is 46.3 Å². The van der Waals surface area contributed by atoms with Gasteiger partial charge in [-0.3, -0.25) is 9.69 Å². The monoisotopic (exact) mass is 394 g/mol. The van der Waals surface area contributed by atoms with E-state index in [-0.39, 0.29) is 12.0 Å². The van der Waals surface area contributed by atoms with Crippen molar-refractivity contribution >= 4 is 33.2 Å². The molecule has 2 heterocycles. The number of amides is 1. The number of hydrogen-bond donors (Lipinski definition) is 1. The minimum absolute atomic E-state index is 0.0375. The summed E-state index contributed by atoms with van der Waals surface area (Å²) in [6.45, 7) is 3.94. The van der Waals surface area contributed by atoms with Crippen molar-refractivity contribution in [1.29, 1.82) is 0 Å². The molecule has 2 aromatic rings. The molecule has 0 radical (unpaired) electrons. The van der Waals surface area contributed by atoms with Gasteiger partial charge < -0.3 is 10.1 Å². The highest BCUT2D eigenvalue weighted by atomic mass is 79.9. The molecule has 1 N–H and O–H groups in total. The second-order valence-corrected chi connectivity index (χ2v) is 7.99. The molecule has 1 aromatic carbocycles. The zero-order valence-corrected chi connectivity index (χ0v) is 15.1. The first-order chi connectivity index (χ1) is 11.2. The van der Waals surface area contributed by atoms with Crippen LogP contribution >= 0.6 is 27.3 Å². The largest absolute Gasteiger partial charge is 0.374 e. The van der Waals surface area contributed by atoms with Crippen molar-refractivity contribution in [1.82, 2.24) is 10.2 Å². The Bertz CT molecular complexity index is 647. The molecule has 1 aliphatic heterocycles. The molecule has 0 bridgehead atoms. The molecule has 1 amide bonds. The van der Waals surface area contributed by atoms with E-state index in [9.17, 15) is 4.79 Å². The van der Waals surface area contributed by atoms with Crippen LogP contribution in [0.2, 0.25) is 0 Å². The smallest absolute Gasteiger partial charge is 0.261 e. The summed E-state index contributed by atoms with van der Waals surface area (Å²) < 4.78 is 6.74. The number of nitrogens with zero attached hydrogens (tertiary/aromatic N) is 1. The zero-order valence-electron chi connectivity index (χ0n) is 12.7. The Labute approximate surface area is 148 Å². The lowest BCUT2D eigenvalue weighted by Crippen LogP contribution is -2.47. The van der Waals surface area contributed by atoms with Crippen molar-refractivity contribution in [3.05, 3.63) is 56.7 Å². The molecule has 1 aromatic heterocycles. The topological polar surface area (TPSA) is 41.6 Å². The minimum atomic E-state index is -0.0375. The normalized spacial score (nSPS) is 18.7. The van der Waals surface area contributed by atoms with Gasteiger partial charge in [0.2, 0.25) is 0 Å². The van der Waals surface area contributed by atoms with Crippen molar-refractivity contribution < 1.29 is 9.53 Å². The maximum Gasteiger partial charge on any atom is 0.261 e. The summed E-state index contributed by atoms with van der Waals surface area (Å²) in [5.41, 5.74) is 1.31. The molecular weight excluding hydrogens is 376 g/mol. The van der Waals surface area contributed by atoms with Gasteiger partial charge >= 0.3 is 0 Å². The van der Waals surface area contributed by atoms with Gasteiger partial charge in [-0.1, -0.05) is 30.3 Å². The lowest BCUT2D eigenvalue weighted by Gasteiger charge is -2.33. The first-order valence-corrected chi connectivity index (χ1v) is 9.23. The minimum Gasteiger partial charge on any atom is -0.374 e. The van der Waals surface area contributed by atoms with Crippen molar-refractivity contribution in [3.8, 4) is 0 Å². The fourth-order valence-corrected chi connectivity index (χ4v) is 3.92. The highest BCUT2D eigenvalue weighted by Gasteiger charge is 2.21. The van der Waals surface area contributed by atoms with Crippen LogP contribution in [0.25, 0.3) is 0 Å². The summed E-state index contributed by atoms with van der Waals surface area (Å²) in [4.78, 5) is 15.2. The van der Waals surface area contributed by atoms with Crippen molar-refractivity contribution in [2.45, 2.75) is 12.6 Å². The Balaban J connectivity index is 1.48. The fourth-order valence-electron chi connectivity index (χ4n) is 2.62. The number of nitrogens with one attached hydrogen (secondary N) is 1. The summed E-state index contributed by atoms with van der Waals surface area (Å²) in [7, 11) is 0. The summed E-state index contributed by atoms with van der Waals surface area (Å²) in [5, 5.41) is 2.97. The van der Waals surface area contributed by atoms with E-state index in [1.807, 2.05) is 18.2 Å². The van der Waals surface area contributed by atoms with E-state index in [4.69, 9.17) is 4.74 Å². The van der Waals surface area contributed by atoms with Gasteiger partial charge in [-0.2, -0.15) is 0 Å². The number of rotatable bonds is 5. The van der Waals surface area contributed by atoms with E-state index in [1.165, 1.54) is 16.9 Å². The van der Waals surface area contributed by atoms with Crippen molar-refractivity contribution in [2.75, 3.05) is 26.2 Å². The molecular formula is C17H19BrN2O2S. The van der Waals surface area contributed by atoms with Crippen LogP contribution < -0.4 is 5.32 Å². The van der Waals surface area contributed by atoms with Gasteiger partial charge in [0.1, 0.15) is 0 Å². The number of carbonyl (C=O) groups is 1. The van der Waals surface area contributed by atoms with Gasteiger partial charge in [0.15, 0.2) is 0 Å².